The smallest absolute Gasteiger partial charge is 0.293 e. The number of benzene rings is 2. The SMILES string of the molecule is COc1ccc(NC(=O)c2ccc(Nc3ccccc3)c([N+](=O)[O-])c2)cn1. The van der Waals surface area contributed by atoms with Gasteiger partial charge in [-0.25, -0.2) is 4.98 Å². The fourth-order valence-corrected chi connectivity index (χ4v) is 2.38. The van der Waals surface area contributed by atoms with Gasteiger partial charge >= 0.3 is 0 Å². The summed E-state index contributed by atoms with van der Waals surface area (Å²) in [7, 11) is 1.49. The van der Waals surface area contributed by atoms with Crippen molar-refractivity contribution in [2.24, 2.45) is 0 Å². The van der Waals surface area contributed by atoms with E-state index in [1.165, 1.54) is 31.5 Å². The summed E-state index contributed by atoms with van der Waals surface area (Å²) < 4.78 is 4.96. The van der Waals surface area contributed by atoms with Gasteiger partial charge in [0.1, 0.15) is 5.69 Å². The number of nitrogens with zero attached hydrogens (tertiary/aromatic N) is 2. The van der Waals surface area contributed by atoms with Crippen LogP contribution >= 0.6 is 0 Å². The highest BCUT2D eigenvalue weighted by Crippen LogP contribution is 2.29. The summed E-state index contributed by atoms with van der Waals surface area (Å²) in [5.41, 5.74) is 1.43. The number of carbonyl (C=O) groups excluding carboxylic acids is 1. The lowest BCUT2D eigenvalue weighted by Crippen LogP contribution is -2.12. The van der Waals surface area contributed by atoms with Gasteiger partial charge in [0, 0.05) is 23.4 Å². The van der Waals surface area contributed by atoms with E-state index in [-0.39, 0.29) is 11.3 Å². The number of hydrogen-bond donors (Lipinski definition) is 2. The van der Waals surface area contributed by atoms with E-state index in [9.17, 15) is 14.9 Å². The van der Waals surface area contributed by atoms with Crippen LogP contribution in [0.25, 0.3) is 0 Å². The van der Waals surface area contributed by atoms with Crippen LogP contribution < -0.4 is 15.4 Å². The Morgan fingerprint density at radius 3 is 2.48 bits per heavy atom. The number of methoxy groups -OCH3 is 1. The van der Waals surface area contributed by atoms with E-state index in [2.05, 4.69) is 15.6 Å². The molecule has 1 heterocycles. The van der Waals surface area contributed by atoms with Crippen LogP contribution in [0.15, 0.2) is 66.9 Å². The van der Waals surface area contributed by atoms with Crippen LogP contribution in [-0.2, 0) is 0 Å². The van der Waals surface area contributed by atoms with Crippen molar-refractivity contribution < 1.29 is 14.5 Å². The number of ether oxygens (including phenoxy) is 1. The first-order valence-electron chi connectivity index (χ1n) is 7.99. The lowest BCUT2D eigenvalue weighted by Gasteiger charge is -2.09. The summed E-state index contributed by atoms with van der Waals surface area (Å²) in [6.07, 6.45) is 1.44. The molecule has 0 radical (unpaired) electrons. The quantitative estimate of drug-likeness (QED) is 0.506. The summed E-state index contributed by atoms with van der Waals surface area (Å²) in [4.78, 5) is 27.3. The molecule has 2 N–H and O–H groups in total. The summed E-state index contributed by atoms with van der Waals surface area (Å²) >= 11 is 0. The molecule has 0 saturated carbocycles. The lowest BCUT2D eigenvalue weighted by atomic mass is 10.1. The van der Waals surface area contributed by atoms with Crippen molar-refractivity contribution >= 4 is 28.7 Å². The van der Waals surface area contributed by atoms with E-state index in [0.29, 0.717) is 22.9 Å². The molecular weight excluding hydrogens is 348 g/mol. The Balaban J connectivity index is 1.82. The largest absolute Gasteiger partial charge is 0.481 e. The van der Waals surface area contributed by atoms with E-state index in [0.717, 1.165) is 0 Å². The van der Waals surface area contributed by atoms with Gasteiger partial charge in [0.25, 0.3) is 11.6 Å². The number of rotatable bonds is 6. The molecular formula is C19H16N4O4. The molecule has 0 bridgehead atoms. The molecule has 0 atom stereocenters. The number of nitro groups is 1. The molecule has 1 aromatic heterocycles. The van der Waals surface area contributed by atoms with Crippen molar-refractivity contribution in [3.05, 3.63) is 82.5 Å². The summed E-state index contributed by atoms with van der Waals surface area (Å²) in [5, 5.41) is 17.1. The van der Waals surface area contributed by atoms with Crippen LogP contribution in [-0.4, -0.2) is 22.9 Å². The van der Waals surface area contributed by atoms with Crippen LogP contribution in [0.5, 0.6) is 5.88 Å². The molecule has 8 heteroatoms. The maximum absolute atomic E-state index is 12.4. The number of amides is 1. The van der Waals surface area contributed by atoms with Crippen LogP contribution in [0, 0.1) is 10.1 Å². The Morgan fingerprint density at radius 2 is 1.85 bits per heavy atom. The highest BCUT2D eigenvalue weighted by Gasteiger charge is 2.18. The molecule has 0 aliphatic carbocycles. The second-order valence-corrected chi connectivity index (χ2v) is 5.52. The van der Waals surface area contributed by atoms with Gasteiger partial charge in [0.05, 0.1) is 23.9 Å². The van der Waals surface area contributed by atoms with Gasteiger partial charge in [-0.15, -0.1) is 0 Å². The summed E-state index contributed by atoms with van der Waals surface area (Å²) in [6.45, 7) is 0. The number of hydrogen-bond acceptors (Lipinski definition) is 6. The summed E-state index contributed by atoms with van der Waals surface area (Å²) in [6, 6.07) is 16.6. The summed E-state index contributed by atoms with van der Waals surface area (Å²) in [5.74, 6) is -0.0590. The maximum Gasteiger partial charge on any atom is 0.293 e. The average molecular weight is 364 g/mol. The fraction of sp³-hybridized carbons (Fsp3) is 0.0526. The third-order valence-corrected chi connectivity index (χ3v) is 3.71. The molecule has 1 amide bonds. The second kappa shape index (κ2) is 7.96. The molecule has 0 fully saturated rings. The maximum atomic E-state index is 12.4. The zero-order chi connectivity index (χ0) is 19.2. The number of carbonyl (C=O) groups is 1. The third-order valence-electron chi connectivity index (χ3n) is 3.71. The lowest BCUT2D eigenvalue weighted by molar-refractivity contribution is -0.383. The van der Waals surface area contributed by atoms with Gasteiger partial charge in [-0.1, -0.05) is 18.2 Å². The normalized spacial score (nSPS) is 10.1. The molecule has 3 rings (SSSR count). The first kappa shape index (κ1) is 17.9. The molecule has 0 saturated heterocycles. The topological polar surface area (TPSA) is 106 Å². The average Bonchev–Trinajstić information content (AvgIpc) is 2.69. The highest BCUT2D eigenvalue weighted by atomic mass is 16.6. The van der Waals surface area contributed by atoms with Crippen molar-refractivity contribution in [2.45, 2.75) is 0 Å². The Hall–Kier alpha value is -3.94. The standard InChI is InChI=1S/C19H16N4O4/c1-27-18-10-8-15(12-20-18)22-19(24)13-7-9-16(17(11-13)23(25)26)21-14-5-3-2-4-6-14/h2-12,21H,1H3,(H,22,24). The van der Waals surface area contributed by atoms with Gasteiger partial charge in [0.2, 0.25) is 5.88 Å². The number of anilines is 3. The minimum absolute atomic E-state index is 0.163. The van der Waals surface area contributed by atoms with Crippen LogP contribution in [0.4, 0.5) is 22.7 Å². The number of nitro benzene ring substituents is 1. The monoisotopic (exact) mass is 364 g/mol. The van der Waals surface area contributed by atoms with Gasteiger partial charge < -0.3 is 15.4 Å². The predicted octanol–water partition coefficient (Wildman–Crippen LogP) is 3.99. The van der Waals surface area contributed by atoms with Crippen molar-refractivity contribution in [3.63, 3.8) is 0 Å². The molecule has 0 unspecified atom stereocenters. The zero-order valence-corrected chi connectivity index (χ0v) is 14.4. The third kappa shape index (κ3) is 4.37. The molecule has 0 spiro atoms. The van der Waals surface area contributed by atoms with Crippen molar-refractivity contribution in [3.8, 4) is 5.88 Å². The van der Waals surface area contributed by atoms with Gasteiger partial charge in [-0.05, 0) is 30.3 Å². The van der Waals surface area contributed by atoms with Gasteiger partial charge in [-0.3, -0.25) is 14.9 Å². The molecule has 136 valence electrons. The number of pyridine rings is 1. The zero-order valence-electron chi connectivity index (χ0n) is 14.4. The van der Waals surface area contributed by atoms with E-state index >= 15 is 0 Å². The first-order chi connectivity index (χ1) is 13.1. The van der Waals surface area contributed by atoms with Gasteiger partial charge in [-0.2, -0.15) is 0 Å². The number of nitrogens with one attached hydrogen (secondary N) is 2. The van der Waals surface area contributed by atoms with Crippen LogP contribution in [0.3, 0.4) is 0 Å². The van der Waals surface area contributed by atoms with E-state index in [4.69, 9.17) is 4.74 Å². The Morgan fingerprint density at radius 1 is 1.07 bits per heavy atom. The minimum Gasteiger partial charge on any atom is -0.481 e. The van der Waals surface area contributed by atoms with Gasteiger partial charge in [0.15, 0.2) is 0 Å². The molecule has 2 aromatic carbocycles. The molecule has 3 aromatic rings. The molecule has 0 aliphatic rings. The van der Waals surface area contributed by atoms with E-state index in [1.807, 2.05) is 18.2 Å². The van der Waals surface area contributed by atoms with Crippen LogP contribution in [0.1, 0.15) is 10.4 Å². The molecule has 8 nitrogen and oxygen atoms in total. The van der Waals surface area contributed by atoms with Crippen molar-refractivity contribution in [2.75, 3.05) is 17.7 Å². The van der Waals surface area contributed by atoms with E-state index in [1.54, 1.807) is 24.3 Å². The number of para-hydroxylation sites is 1. The van der Waals surface area contributed by atoms with Crippen LogP contribution in [0.2, 0.25) is 0 Å². The number of aromatic nitrogens is 1. The molecule has 0 aliphatic heterocycles. The Kier molecular flexibility index (Phi) is 5.27. The Bertz CT molecular complexity index is 959. The minimum atomic E-state index is -0.531. The Labute approximate surface area is 155 Å². The second-order valence-electron chi connectivity index (χ2n) is 5.52. The van der Waals surface area contributed by atoms with E-state index < -0.39 is 10.8 Å². The highest BCUT2D eigenvalue weighted by molar-refractivity contribution is 6.05. The van der Waals surface area contributed by atoms with Crippen molar-refractivity contribution in [1.29, 1.82) is 0 Å². The predicted molar refractivity (Wildman–Crippen MR) is 102 cm³/mol. The molecule has 27 heavy (non-hydrogen) atoms. The first-order valence-corrected chi connectivity index (χ1v) is 7.99. The fourth-order valence-electron chi connectivity index (χ4n) is 2.38. The van der Waals surface area contributed by atoms with Crippen molar-refractivity contribution in [1.82, 2.24) is 4.98 Å².